The molecule has 1 aromatic carbocycles. The van der Waals surface area contributed by atoms with Crippen LogP contribution in [0.2, 0.25) is 0 Å². The summed E-state index contributed by atoms with van der Waals surface area (Å²) < 4.78 is 0. The molecule has 128 valence electrons. The first-order chi connectivity index (χ1) is 12.0. The van der Waals surface area contributed by atoms with Gasteiger partial charge in [0.05, 0.1) is 35.7 Å². The first kappa shape index (κ1) is 16.2. The lowest BCUT2D eigenvalue weighted by Crippen LogP contribution is -2.34. The molecule has 0 bridgehead atoms. The summed E-state index contributed by atoms with van der Waals surface area (Å²) in [7, 11) is 0. The van der Waals surface area contributed by atoms with Crippen LogP contribution in [0.3, 0.4) is 0 Å². The van der Waals surface area contributed by atoms with Crippen molar-refractivity contribution in [2.24, 2.45) is 5.73 Å². The minimum Gasteiger partial charge on any atom is -0.368 e. The maximum absolute atomic E-state index is 12.6. The number of hydrogen-bond donors (Lipinski definition) is 5. The number of nitrogens with one attached hydrogen (secondary N) is 4. The van der Waals surface area contributed by atoms with Gasteiger partial charge in [0, 0.05) is 5.39 Å². The molecule has 0 spiro atoms. The van der Waals surface area contributed by atoms with Crippen LogP contribution in [0.25, 0.3) is 10.9 Å². The van der Waals surface area contributed by atoms with Gasteiger partial charge in [0.15, 0.2) is 0 Å². The number of anilines is 1. The van der Waals surface area contributed by atoms with Crippen molar-refractivity contribution in [1.82, 2.24) is 25.7 Å². The predicted molar refractivity (Wildman–Crippen MR) is 88.9 cm³/mol. The summed E-state index contributed by atoms with van der Waals surface area (Å²) in [4.78, 5) is 35.4. The minimum atomic E-state index is -0.681. The number of amides is 3. The third-order valence-corrected chi connectivity index (χ3v) is 3.48. The number of aromatic nitrogens is 4. The molecule has 0 aliphatic carbocycles. The molecule has 3 aromatic rings. The van der Waals surface area contributed by atoms with Crippen LogP contribution in [0.4, 0.5) is 5.69 Å². The molecule has 6 N–H and O–H groups in total. The van der Waals surface area contributed by atoms with Gasteiger partial charge in [0.25, 0.3) is 11.8 Å². The number of H-pyrrole nitrogens is 2. The highest BCUT2D eigenvalue weighted by molar-refractivity contribution is 6.13. The molecule has 0 atom stereocenters. The van der Waals surface area contributed by atoms with E-state index in [1.807, 2.05) is 13.0 Å². The van der Waals surface area contributed by atoms with E-state index in [2.05, 4.69) is 31.0 Å². The molecule has 10 heteroatoms. The molecule has 0 unspecified atom stereocenters. The number of carbonyl (C=O) groups is 3. The Morgan fingerprint density at radius 3 is 2.64 bits per heavy atom. The van der Waals surface area contributed by atoms with Crippen molar-refractivity contribution in [2.45, 2.75) is 6.92 Å². The Morgan fingerprint density at radius 1 is 1.12 bits per heavy atom. The van der Waals surface area contributed by atoms with Crippen molar-refractivity contribution in [3.63, 3.8) is 0 Å². The quantitative estimate of drug-likeness (QED) is 0.443. The molecule has 25 heavy (non-hydrogen) atoms. The number of hydrogen-bond acceptors (Lipinski definition) is 5. The van der Waals surface area contributed by atoms with E-state index < -0.39 is 17.7 Å². The zero-order valence-electron chi connectivity index (χ0n) is 13.2. The number of nitrogens with two attached hydrogens (primary N) is 1. The third-order valence-electron chi connectivity index (χ3n) is 3.48. The van der Waals surface area contributed by atoms with Crippen LogP contribution < -0.4 is 16.4 Å². The van der Waals surface area contributed by atoms with Crippen LogP contribution in [0.1, 0.15) is 26.4 Å². The molecule has 2 aromatic heterocycles. The van der Waals surface area contributed by atoms with Crippen LogP contribution in [-0.2, 0) is 4.79 Å². The van der Waals surface area contributed by atoms with Gasteiger partial charge >= 0.3 is 0 Å². The van der Waals surface area contributed by atoms with Crippen molar-refractivity contribution in [3.8, 4) is 0 Å². The fourth-order valence-corrected chi connectivity index (χ4v) is 2.39. The molecule has 2 heterocycles. The summed E-state index contributed by atoms with van der Waals surface area (Å²) >= 11 is 0. The molecule has 10 nitrogen and oxygen atoms in total. The maximum Gasteiger partial charge on any atom is 0.271 e. The number of fused-ring (bicyclic) bond motifs is 1. The van der Waals surface area contributed by atoms with Crippen LogP contribution in [0.5, 0.6) is 0 Å². The normalized spacial score (nSPS) is 10.6. The van der Waals surface area contributed by atoms with Gasteiger partial charge in [-0.2, -0.15) is 10.2 Å². The van der Waals surface area contributed by atoms with Crippen molar-refractivity contribution in [3.05, 3.63) is 41.3 Å². The zero-order chi connectivity index (χ0) is 18.0. The van der Waals surface area contributed by atoms with E-state index in [9.17, 15) is 14.4 Å². The number of aromatic amines is 2. The van der Waals surface area contributed by atoms with E-state index in [4.69, 9.17) is 5.73 Å². The van der Waals surface area contributed by atoms with Crippen LogP contribution in [0, 0.1) is 6.92 Å². The van der Waals surface area contributed by atoms with Crippen molar-refractivity contribution in [2.75, 3.05) is 11.9 Å². The Balaban J connectivity index is 1.84. The zero-order valence-corrected chi connectivity index (χ0v) is 13.2. The summed E-state index contributed by atoms with van der Waals surface area (Å²) in [5.41, 5.74) is 7.06. The molecule has 0 saturated heterocycles. The molecule has 0 fully saturated rings. The lowest BCUT2D eigenvalue weighted by molar-refractivity contribution is -0.117. The highest BCUT2D eigenvalue weighted by Crippen LogP contribution is 2.20. The van der Waals surface area contributed by atoms with Gasteiger partial charge < -0.3 is 16.4 Å². The van der Waals surface area contributed by atoms with Gasteiger partial charge in [-0.1, -0.05) is 0 Å². The first-order valence-corrected chi connectivity index (χ1v) is 7.30. The number of benzene rings is 1. The minimum absolute atomic E-state index is 0.0168. The molecule has 0 saturated carbocycles. The van der Waals surface area contributed by atoms with Crippen molar-refractivity contribution >= 4 is 34.3 Å². The number of nitrogens with zero attached hydrogens (tertiary/aromatic N) is 2. The highest BCUT2D eigenvalue weighted by Gasteiger charge is 2.19. The Morgan fingerprint density at radius 2 is 1.88 bits per heavy atom. The van der Waals surface area contributed by atoms with E-state index in [0.717, 1.165) is 10.9 Å². The summed E-state index contributed by atoms with van der Waals surface area (Å²) in [5.74, 6) is -1.72. The molecular formula is C15H15N7O3. The second kappa shape index (κ2) is 6.43. The number of aryl methyl sites for hydroxylation is 1. The van der Waals surface area contributed by atoms with Gasteiger partial charge in [0.1, 0.15) is 5.69 Å². The lowest BCUT2D eigenvalue weighted by Gasteiger charge is -2.08. The Bertz CT molecular complexity index is 973. The Labute approximate surface area is 141 Å². The van der Waals surface area contributed by atoms with Gasteiger partial charge in [0.2, 0.25) is 5.91 Å². The molecule has 0 aliphatic heterocycles. The summed E-state index contributed by atoms with van der Waals surface area (Å²) in [6.45, 7) is 1.54. The fraction of sp³-hybridized carbons (Fsp3) is 0.133. The van der Waals surface area contributed by atoms with E-state index in [0.29, 0.717) is 11.1 Å². The predicted octanol–water partition coefficient (Wildman–Crippen LogP) is 0.0618. The molecular weight excluding hydrogens is 326 g/mol. The maximum atomic E-state index is 12.6. The molecule has 3 amide bonds. The lowest BCUT2D eigenvalue weighted by atomic mass is 10.1. The van der Waals surface area contributed by atoms with E-state index in [1.165, 1.54) is 6.20 Å². The monoisotopic (exact) mass is 341 g/mol. The van der Waals surface area contributed by atoms with E-state index >= 15 is 0 Å². The Hall–Kier alpha value is -3.69. The topological polar surface area (TPSA) is 159 Å². The average molecular weight is 341 g/mol. The van der Waals surface area contributed by atoms with Gasteiger partial charge in [-0.05, 0) is 24.6 Å². The van der Waals surface area contributed by atoms with E-state index in [1.54, 1.807) is 12.3 Å². The molecule has 0 aliphatic rings. The van der Waals surface area contributed by atoms with Gasteiger partial charge in [-0.15, -0.1) is 0 Å². The van der Waals surface area contributed by atoms with Gasteiger partial charge in [-0.25, -0.2) is 0 Å². The summed E-state index contributed by atoms with van der Waals surface area (Å²) in [6.07, 6.45) is 2.93. The standard InChI is InChI=1S/C15H15N7O3/c1-7-2-8-4-18-21-12(8)9(3-7)14(24)20-10-5-19-22-13(10)15(25)17-6-11(16)23/h2-5H,6H2,1H3,(H2,16,23)(H,17,25)(H,18,21)(H,19,22)(H,20,24). The SMILES string of the molecule is Cc1cc(C(=O)Nc2cn[nH]c2C(=O)NCC(N)=O)c2[nH]ncc2c1. The van der Waals surface area contributed by atoms with Crippen LogP contribution in [0.15, 0.2) is 24.5 Å². The smallest absolute Gasteiger partial charge is 0.271 e. The first-order valence-electron chi connectivity index (χ1n) is 7.30. The Kier molecular flexibility index (Phi) is 4.16. The number of primary amides is 1. The summed E-state index contributed by atoms with van der Waals surface area (Å²) in [6, 6.07) is 3.61. The van der Waals surface area contributed by atoms with Gasteiger partial charge in [-0.3, -0.25) is 24.6 Å². The number of carbonyl (C=O) groups excluding carboxylic acids is 3. The second-order valence-electron chi connectivity index (χ2n) is 5.41. The highest BCUT2D eigenvalue weighted by atomic mass is 16.2. The molecule has 3 rings (SSSR count). The average Bonchev–Trinajstić information content (AvgIpc) is 3.20. The van der Waals surface area contributed by atoms with Crippen LogP contribution >= 0.6 is 0 Å². The largest absolute Gasteiger partial charge is 0.368 e. The number of rotatable bonds is 5. The van der Waals surface area contributed by atoms with Crippen LogP contribution in [-0.4, -0.2) is 44.7 Å². The van der Waals surface area contributed by atoms with Crippen molar-refractivity contribution < 1.29 is 14.4 Å². The third kappa shape index (κ3) is 3.32. The van der Waals surface area contributed by atoms with E-state index in [-0.39, 0.29) is 17.9 Å². The molecule has 0 radical (unpaired) electrons. The summed E-state index contributed by atoms with van der Waals surface area (Å²) in [5, 5.41) is 18.7. The fourth-order valence-electron chi connectivity index (χ4n) is 2.39. The second-order valence-corrected chi connectivity index (χ2v) is 5.41. The van der Waals surface area contributed by atoms with Crippen molar-refractivity contribution in [1.29, 1.82) is 0 Å².